The highest BCUT2D eigenvalue weighted by Gasteiger charge is 2.04. The molecule has 1 aromatic heterocycles. The number of H-pyrrole nitrogens is 1. The number of aromatic amines is 1. The molecule has 4 heteroatoms. The Morgan fingerprint density at radius 1 is 1.09 bits per heavy atom. The fraction of sp³-hybridized carbons (Fsp3) is 0.368. The lowest BCUT2D eigenvalue weighted by Crippen LogP contribution is -2.10. The van der Waals surface area contributed by atoms with Gasteiger partial charge in [0.1, 0.15) is 5.82 Å². The van der Waals surface area contributed by atoms with Crippen LogP contribution in [0.3, 0.4) is 0 Å². The Hall–Kier alpha value is -2.20. The maximum Gasteiger partial charge on any atom is 0.259 e. The highest BCUT2D eigenvalue weighted by molar-refractivity contribution is 5.80. The van der Waals surface area contributed by atoms with Gasteiger partial charge in [0, 0.05) is 5.57 Å². The molecule has 0 amide bonds. The number of rotatable bonds is 2. The van der Waals surface area contributed by atoms with Gasteiger partial charge in [0.05, 0.1) is 10.9 Å². The minimum Gasteiger partial charge on any atom is -0.333 e. The standard InChI is InChI=1S/C14H14N2O.2C2H6.CH5N/c1-3-7-10(4-2)13-15-12-9-6-5-8-11(12)14(17)16-13;3*1-2/h3-9H,1-2H3,(H,15,16,17);2*1-2H3;2H2,1H3/b7-3-,10-4+;;;. The van der Waals surface area contributed by atoms with Crippen LogP contribution >= 0.6 is 0 Å². The SMILES string of the molecule is C/C=C\C(=C/C)c1nc2ccccc2c(=O)[nH]1.CC.CC.CN. The first-order chi connectivity index (χ1) is 11.3. The van der Waals surface area contributed by atoms with E-state index in [0.717, 1.165) is 11.1 Å². The third kappa shape index (κ3) is 7.06. The monoisotopic (exact) mass is 317 g/mol. The van der Waals surface area contributed by atoms with Crippen molar-refractivity contribution in [1.82, 2.24) is 9.97 Å². The van der Waals surface area contributed by atoms with Gasteiger partial charge in [-0.1, -0.05) is 58.1 Å². The van der Waals surface area contributed by atoms with E-state index in [0.29, 0.717) is 11.2 Å². The van der Waals surface area contributed by atoms with Crippen LogP contribution in [0.2, 0.25) is 0 Å². The van der Waals surface area contributed by atoms with Gasteiger partial charge in [-0.2, -0.15) is 0 Å². The van der Waals surface area contributed by atoms with Crippen molar-refractivity contribution in [3.8, 4) is 0 Å². The van der Waals surface area contributed by atoms with E-state index in [4.69, 9.17) is 0 Å². The van der Waals surface area contributed by atoms with Crippen LogP contribution in [0.1, 0.15) is 47.4 Å². The number of aromatic nitrogens is 2. The molecule has 0 unspecified atom stereocenters. The number of para-hydroxylation sites is 1. The predicted octanol–water partition coefficient (Wildman–Crippen LogP) is 4.53. The summed E-state index contributed by atoms with van der Waals surface area (Å²) in [5, 5.41) is 0.618. The molecule has 0 saturated carbocycles. The third-order valence-electron chi connectivity index (χ3n) is 2.54. The van der Waals surface area contributed by atoms with Gasteiger partial charge in [-0.05, 0) is 33.0 Å². The molecule has 0 atom stereocenters. The van der Waals surface area contributed by atoms with Gasteiger partial charge < -0.3 is 10.7 Å². The van der Waals surface area contributed by atoms with Crippen LogP contribution in [-0.4, -0.2) is 17.0 Å². The average Bonchev–Trinajstić information content (AvgIpc) is 2.64. The van der Waals surface area contributed by atoms with Crippen molar-refractivity contribution in [2.24, 2.45) is 5.73 Å². The lowest BCUT2D eigenvalue weighted by Gasteiger charge is -2.03. The Balaban J connectivity index is 0. The first kappa shape index (κ1) is 23.1. The molecular weight excluding hydrogens is 286 g/mol. The van der Waals surface area contributed by atoms with E-state index < -0.39 is 0 Å². The smallest absolute Gasteiger partial charge is 0.259 e. The molecule has 0 radical (unpaired) electrons. The zero-order valence-corrected chi connectivity index (χ0v) is 15.5. The topological polar surface area (TPSA) is 71.8 Å². The highest BCUT2D eigenvalue weighted by atomic mass is 16.1. The molecule has 4 nitrogen and oxygen atoms in total. The normalized spacial score (nSPS) is 10.0. The molecule has 0 fully saturated rings. The van der Waals surface area contributed by atoms with Crippen LogP contribution in [-0.2, 0) is 0 Å². The number of fused-ring (bicyclic) bond motifs is 1. The van der Waals surface area contributed by atoms with Crippen LogP contribution < -0.4 is 11.3 Å². The predicted molar refractivity (Wildman–Crippen MR) is 104 cm³/mol. The molecule has 3 N–H and O–H groups in total. The number of benzene rings is 1. The summed E-state index contributed by atoms with van der Waals surface area (Å²) in [5.41, 5.74) is 6.03. The first-order valence-corrected chi connectivity index (χ1v) is 8.12. The number of hydrogen-bond acceptors (Lipinski definition) is 3. The van der Waals surface area contributed by atoms with Gasteiger partial charge in [0.25, 0.3) is 5.56 Å². The Labute approximate surface area is 140 Å². The highest BCUT2D eigenvalue weighted by Crippen LogP contribution is 2.13. The van der Waals surface area contributed by atoms with E-state index in [1.54, 1.807) is 6.07 Å². The summed E-state index contributed by atoms with van der Waals surface area (Å²) in [6, 6.07) is 7.33. The van der Waals surface area contributed by atoms with Crippen molar-refractivity contribution >= 4 is 16.5 Å². The summed E-state index contributed by atoms with van der Waals surface area (Å²) in [6.45, 7) is 11.9. The molecule has 0 saturated heterocycles. The Bertz CT molecular complexity index is 655. The zero-order chi connectivity index (χ0) is 18.3. The van der Waals surface area contributed by atoms with Gasteiger partial charge in [-0.3, -0.25) is 4.79 Å². The van der Waals surface area contributed by atoms with Crippen molar-refractivity contribution in [1.29, 1.82) is 0 Å². The van der Waals surface area contributed by atoms with Crippen molar-refractivity contribution in [3.63, 3.8) is 0 Å². The van der Waals surface area contributed by atoms with Gasteiger partial charge >= 0.3 is 0 Å². The number of nitrogens with two attached hydrogens (primary N) is 1. The van der Waals surface area contributed by atoms with E-state index in [-0.39, 0.29) is 5.56 Å². The summed E-state index contributed by atoms with van der Waals surface area (Å²) in [5.74, 6) is 0.606. The van der Waals surface area contributed by atoms with Gasteiger partial charge in [-0.15, -0.1) is 0 Å². The molecule has 2 rings (SSSR count). The van der Waals surface area contributed by atoms with Crippen LogP contribution in [0.25, 0.3) is 16.5 Å². The van der Waals surface area contributed by atoms with Gasteiger partial charge in [0.15, 0.2) is 0 Å². The third-order valence-corrected chi connectivity index (χ3v) is 2.54. The number of nitrogens with one attached hydrogen (secondary N) is 1. The molecule has 2 aromatic rings. The Kier molecular flexibility index (Phi) is 14.8. The quantitative estimate of drug-likeness (QED) is 0.799. The Morgan fingerprint density at radius 2 is 1.65 bits per heavy atom. The van der Waals surface area contributed by atoms with E-state index >= 15 is 0 Å². The molecule has 128 valence electrons. The van der Waals surface area contributed by atoms with Gasteiger partial charge in [-0.25, -0.2) is 4.98 Å². The largest absolute Gasteiger partial charge is 0.333 e. The van der Waals surface area contributed by atoms with Crippen molar-refractivity contribution < 1.29 is 0 Å². The second kappa shape index (κ2) is 14.7. The fourth-order valence-corrected chi connectivity index (χ4v) is 1.71. The molecule has 1 heterocycles. The van der Waals surface area contributed by atoms with Crippen molar-refractivity contribution in [2.45, 2.75) is 41.5 Å². The van der Waals surface area contributed by atoms with Crippen LogP contribution in [0.5, 0.6) is 0 Å². The lowest BCUT2D eigenvalue weighted by atomic mass is 10.2. The first-order valence-electron chi connectivity index (χ1n) is 8.12. The van der Waals surface area contributed by atoms with E-state index in [9.17, 15) is 4.79 Å². The molecule has 1 aromatic carbocycles. The van der Waals surface area contributed by atoms with E-state index in [2.05, 4.69) is 15.7 Å². The second-order valence-corrected chi connectivity index (χ2v) is 3.68. The second-order valence-electron chi connectivity index (χ2n) is 3.68. The molecular formula is C19H31N3O. The van der Waals surface area contributed by atoms with Crippen LogP contribution in [0.15, 0.2) is 47.3 Å². The van der Waals surface area contributed by atoms with Crippen molar-refractivity contribution in [3.05, 3.63) is 58.7 Å². The summed E-state index contributed by atoms with van der Waals surface area (Å²) in [4.78, 5) is 19.1. The molecule has 0 spiro atoms. The van der Waals surface area contributed by atoms with Crippen molar-refractivity contribution in [2.75, 3.05) is 7.05 Å². The van der Waals surface area contributed by atoms with Gasteiger partial charge in [0.2, 0.25) is 0 Å². The number of hydrogen-bond donors (Lipinski definition) is 2. The Morgan fingerprint density at radius 3 is 2.17 bits per heavy atom. The van der Waals surface area contributed by atoms with Crippen LogP contribution in [0, 0.1) is 0 Å². The summed E-state index contributed by atoms with van der Waals surface area (Å²) < 4.78 is 0. The maximum atomic E-state index is 11.9. The summed E-state index contributed by atoms with van der Waals surface area (Å²) >= 11 is 0. The zero-order valence-electron chi connectivity index (χ0n) is 15.5. The molecule has 23 heavy (non-hydrogen) atoms. The molecule has 0 bridgehead atoms. The lowest BCUT2D eigenvalue weighted by molar-refractivity contribution is 1.12. The summed E-state index contributed by atoms with van der Waals surface area (Å²) in [7, 11) is 1.50. The number of allylic oxidation sites excluding steroid dienone is 4. The number of nitrogens with zero attached hydrogens (tertiary/aromatic N) is 1. The van der Waals surface area contributed by atoms with Crippen LogP contribution in [0.4, 0.5) is 0 Å². The molecule has 0 aliphatic heterocycles. The van der Waals surface area contributed by atoms with E-state index in [1.807, 2.05) is 78.0 Å². The maximum absolute atomic E-state index is 11.9. The minimum absolute atomic E-state index is 0.102. The fourth-order valence-electron chi connectivity index (χ4n) is 1.71. The molecule has 0 aliphatic carbocycles. The average molecular weight is 317 g/mol. The van der Waals surface area contributed by atoms with E-state index in [1.165, 1.54) is 7.05 Å². The summed E-state index contributed by atoms with van der Waals surface area (Å²) in [6.07, 6.45) is 5.77. The molecule has 0 aliphatic rings. The minimum atomic E-state index is -0.102.